The Balaban J connectivity index is 0.744. The molecule has 0 bridgehead atoms. The number of nitrogens with zero attached hydrogens (tertiary/aromatic N) is 7. The van der Waals surface area contributed by atoms with Crippen molar-refractivity contribution in [3.05, 3.63) is 167 Å². The maximum Gasteiger partial charge on any atom is 0.312 e. The van der Waals surface area contributed by atoms with Gasteiger partial charge in [-0.1, -0.05) is 80.0 Å². The van der Waals surface area contributed by atoms with Gasteiger partial charge in [0.2, 0.25) is 23.6 Å². The number of fused-ring (bicyclic) bond motifs is 1. The number of halogens is 2. The summed E-state index contributed by atoms with van der Waals surface area (Å²) in [5.74, 6) is -3.51. The topological polar surface area (TPSA) is 341 Å². The number of primary amides is 1. The van der Waals surface area contributed by atoms with Gasteiger partial charge in [-0.05, 0) is 103 Å². The van der Waals surface area contributed by atoms with Crippen molar-refractivity contribution in [1.82, 2.24) is 45.7 Å². The monoisotopic (exact) mass is 1450 g/mol. The third-order valence-corrected chi connectivity index (χ3v) is 19.3. The van der Waals surface area contributed by atoms with Crippen LogP contribution in [0.4, 0.5) is 14.9 Å². The zero-order valence-electron chi connectivity index (χ0n) is 57.5. The number of hydrogen-bond acceptors (Lipinski definition) is 20. The Bertz CT molecular complexity index is 4400. The van der Waals surface area contributed by atoms with Crippen LogP contribution in [0, 0.1) is 18.7 Å². The number of benzene rings is 5. The number of imide groups is 1. The first-order valence-corrected chi connectivity index (χ1v) is 34.7. The molecule has 0 aliphatic carbocycles. The van der Waals surface area contributed by atoms with Crippen LogP contribution in [0.1, 0.15) is 55.5 Å². The number of thiophene rings is 1. The summed E-state index contributed by atoms with van der Waals surface area (Å²) in [6.07, 6.45) is 3.76. The molecule has 5 heterocycles. The number of nitrogens with two attached hydrogens (primary N) is 1. The van der Waals surface area contributed by atoms with Crippen molar-refractivity contribution in [1.29, 1.82) is 0 Å². The summed E-state index contributed by atoms with van der Waals surface area (Å²) < 4.78 is 45.2. The lowest BCUT2D eigenvalue weighted by atomic mass is 9.96. The van der Waals surface area contributed by atoms with Gasteiger partial charge in [0.25, 0.3) is 11.8 Å². The first-order valence-electron chi connectivity index (χ1n) is 33.5. The number of aromatic nitrogens is 4. The molecule has 0 unspecified atom stereocenters. The van der Waals surface area contributed by atoms with Gasteiger partial charge in [0.05, 0.1) is 74.6 Å². The van der Waals surface area contributed by atoms with Crippen molar-refractivity contribution in [2.24, 2.45) is 11.7 Å². The summed E-state index contributed by atoms with van der Waals surface area (Å²) in [6.45, 7) is 10.4. The Hall–Kier alpha value is -10.7. The molecule has 7 N–H and O–H groups in total. The summed E-state index contributed by atoms with van der Waals surface area (Å²) in [5, 5.41) is 35.2. The SMILES string of the molecule is COc1c(O)cccc1-c1nccc(COc2ccccc2C[C@@H](Oc2ncnc3sc(-c4ccc(F)cc4)c(-c4ccc(OCCN5CC[N+](C)(Cc6ccc(NC(=O)[C@H](CCCNC(N)=O)NC(=O)[C@@H](NC(=O)CCOCCN7C(=O)C=CC7=O)C(C)C)cc6)CC5)c(Cl)c4C)c23)C(=O)[O-])n1. The average molecular weight is 1450 g/mol. The number of phenolic OH excluding ortho intramolecular Hbond substituents is 1. The number of carboxylic acids is 1. The summed E-state index contributed by atoms with van der Waals surface area (Å²) in [5.41, 5.74) is 10.8. The van der Waals surface area contributed by atoms with Gasteiger partial charge in [-0.25, -0.2) is 29.1 Å². The lowest BCUT2D eigenvalue weighted by molar-refractivity contribution is -0.926. The van der Waals surface area contributed by atoms with Crippen LogP contribution in [0.2, 0.25) is 5.02 Å². The molecule has 1 saturated heterocycles. The Kier molecular flexibility index (Phi) is 25.4. The number of nitrogens with one attached hydrogen (secondary N) is 4. The summed E-state index contributed by atoms with van der Waals surface area (Å²) >= 11 is 8.53. The van der Waals surface area contributed by atoms with E-state index in [0.717, 1.165) is 47.7 Å². The van der Waals surface area contributed by atoms with E-state index in [0.29, 0.717) is 102 Å². The number of phenols is 1. The molecule has 0 spiro atoms. The number of amides is 7. The molecular formula is C74H80ClFN12O14S. The second kappa shape index (κ2) is 34.8. The fourth-order valence-electron chi connectivity index (χ4n) is 12.0. The van der Waals surface area contributed by atoms with E-state index in [9.17, 15) is 48.2 Å². The number of aliphatic carboxylic acids is 1. The Labute approximate surface area is 602 Å². The number of carbonyl (C=O) groups is 7. The van der Waals surface area contributed by atoms with E-state index in [-0.39, 0.29) is 75.5 Å². The second-order valence-electron chi connectivity index (χ2n) is 25.4. The fourth-order valence-corrected chi connectivity index (χ4v) is 13.4. The number of para-hydroxylation sites is 2. The highest BCUT2D eigenvalue weighted by Gasteiger charge is 2.33. The maximum atomic E-state index is 14.5. The van der Waals surface area contributed by atoms with Crippen LogP contribution in [0.5, 0.6) is 28.9 Å². The number of carboxylic acid groups (broad SMARTS) is 1. The summed E-state index contributed by atoms with van der Waals surface area (Å²) in [6, 6.07) is 27.9. The minimum Gasteiger partial charge on any atom is -0.546 e. The highest BCUT2D eigenvalue weighted by atomic mass is 35.5. The molecule has 7 amide bonds. The number of methoxy groups -OCH3 is 1. The normalized spacial score (nSPS) is 14.4. The summed E-state index contributed by atoms with van der Waals surface area (Å²) in [4.78, 5) is 111. The van der Waals surface area contributed by atoms with E-state index in [1.54, 1.807) is 92.8 Å². The van der Waals surface area contributed by atoms with Crippen LogP contribution in [-0.4, -0.2) is 179 Å². The molecule has 26 nitrogen and oxygen atoms in total. The number of likely N-dealkylation sites (N-methyl/N-ethyl adjacent to an activating group) is 1. The van der Waals surface area contributed by atoms with Crippen LogP contribution in [-0.2, 0) is 53.1 Å². The number of ether oxygens (including phenoxy) is 5. The lowest BCUT2D eigenvalue weighted by Crippen LogP contribution is -2.57. The molecule has 2 aliphatic heterocycles. The highest BCUT2D eigenvalue weighted by Crippen LogP contribution is 2.50. The van der Waals surface area contributed by atoms with Crippen molar-refractivity contribution < 1.29 is 76.3 Å². The van der Waals surface area contributed by atoms with Crippen molar-refractivity contribution in [3.63, 3.8) is 0 Å². The third kappa shape index (κ3) is 19.5. The van der Waals surface area contributed by atoms with Crippen LogP contribution in [0.3, 0.4) is 0 Å². The van der Waals surface area contributed by atoms with E-state index in [1.165, 1.54) is 55.1 Å². The molecule has 29 heteroatoms. The van der Waals surface area contributed by atoms with E-state index in [2.05, 4.69) is 53.2 Å². The zero-order valence-corrected chi connectivity index (χ0v) is 59.0. The highest BCUT2D eigenvalue weighted by molar-refractivity contribution is 7.22. The van der Waals surface area contributed by atoms with Crippen LogP contribution >= 0.6 is 22.9 Å². The van der Waals surface area contributed by atoms with E-state index in [4.69, 9.17) is 41.0 Å². The molecule has 3 atom stereocenters. The lowest BCUT2D eigenvalue weighted by Gasteiger charge is -2.42. The molecule has 10 rings (SSSR count). The number of aromatic hydroxyl groups is 1. The van der Waals surface area contributed by atoms with E-state index < -0.39 is 65.5 Å². The van der Waals surface area contributed by atoms with Crippen molar-refractivity contribution in [2.75, 3.05) is 85.1 Å². The number of piperazine rings is 1. The molecule has 540 valence electrons. The largest absolute Gasteiger partial charge is 0.546 e. The molecular weight excluding hydrogens is 1370 g/mol. The zero-order chi connectivity index (χ0) is 73.3. The van der Waals surface area contributed by atoms with Crippen LogP contribution < -0.4 is 51.1 Å². The van der Waals surface area contributed by atoms with Crippen LogP contribution in [0.15, 0.2) is 134 Å². The minimum atomic E-state index is -1.58. The molecule has 0 radical (unpaired) electrons. The van der Waals surface area contributed by atoms with Gasteiger partial charge >= 0.3 is 6.03 Å². The number of urea groups is 1. The Morgan fingerprint density at radius 1 is 0.835 bits per heavy atom. The average Bonchev–Trinajstić information content (AvgIpc) is 1.61. The molecule has 3 aromatic heterocycles. The van der Waals surface area contributed by atoms with Gasteiger partial charge in [0.1, 0.15) is 66.4 Å². The molecule has 2 aliphatic rings. The van der Waals surface area contributed by atoms with Gasteiger partial charge < -0.3 is 70.2 Å². The molecule has 103 heavy (non-hydrogen) atoms. The van der Waals surface area contributed by atoms with E-state index in [1.807, 2.05) is 25.1 Å². The summed E-state index contributed by atoms with van der Waals surface area (Å²) in [7, 11) is 3.64. The maximum absolute atomic E-state index is 14.5. The predicted molar refractivity (Wildman–Crippen MR) is 381 cm³/mol. The van der Waals surface area contributed by atoms with Crippen LogP contribution in [0.25, 0.3) is 43.2 Å². The van der Waals surface area contributed by atoms with Gasteiger partial charge in [0.15, 0.2) is 17.3 Å². The van der Waals surface area contributed by atoms with Gasteiger partial charge in [-0.2, -0.15) is 0 Å². The fraction of sp³-hybridized carbons (Fsp3) is 0.338. The standard InChI is InChI=1S/C74H80ClFN12O14S/c1-44(2)65(85-59(90)28-37-99-38-34-87-60(91)25-26-61(87)92)70(94)84-54(12-9-29-79-74(77)97)69(93)83-50-21-15-46(16-22-50)41-88(4)35-31-86(32-36-88)33-39-100-57-24-23-52(45(3)64(57)75)62-63-71(80-43-81-72(63)103-67(62)47-17-19-49(76)20-18-47)102-58(73(95)96)40-48-10-6-7-14-56(48)101-42-51-27-30-78-68(82-51)53-11-8-13-55(89)66(53)98-5/h6-8,10-11,13-27,30,43-44,54,58,65H,9,12,28-29,31-42H2,1-5H3,(H7-,77,79,83,84,85,89,90,93,94,95,96,97)/t54-,58+,65-/m0/s1. The van der Waals surface area contributed by atoms with Gasteiger partial charge in [0, 0.05) is 79.1 Å². The number of rotatable bonds is 34. The number of hydrogen-bond donors (Lipinski definition) is 6. The first-order chi connectivity index (χ1) is 49.5. The predicted octanol–water partition coefficient (Wildman–Crippen LogP) is 7.30. The van der Waals surface area contributed by atoms with E-state index >= 15 is 0 Å². The van der Waals surface area contributed by atoms with Crippen molar-refractivity contribution >= 4 is 80.4 Å². The Morgan fingerprint density at radius 2 is 1.58 bits per heavy atom. The third-order valence-electron chi connectivity index (χ3n) is 17.7. The molecule has 0 saturated carbocycles. The molecule has 5 aromatic carbocycles. The first kappa shape index (κ1) is 75.0. The van der Waals surface area contributed by atoms with Gasteiger partial charge in [-0.15, -0.1) is 11.3 Å². The smallest absolute Gasteiger partial charge is 0.312 e. The number of quaternary nitrogens is 1. The number of carbonyl (C=O) groups excluding carboxylic acids is 7. The number of anilines is 1. The second-order valence-corrected chi connectivity index (χ2v) is 26.8. The quantitative estimate of drug-likeness (QED) is 0.0131. The minimum absolute atomic E-state index is 0.0225. The van der Waals surface area contributed by atoms with Crippen molar-refractivity contribution in [2.45, 2.75) is 77.8 Å². The van der Waals surface area contributed by atoms with Crippen molar-refractivity contribution in [3.8, 4) is 61.8 Å². The molecule has 1 fully saturated rings. The van der Waals surface area contributed by atoms with Gasteiger partial charge in [-0.3, -0.25) is 33.8 Å². The Morgan fingerprint density at radius 3 is 2.30 bits per heavy atom. The molecule has 8 aromatic rings.